The zero-order chi connectivity index (χ0) is 7.56. The van der Waals surface area contributed by atoms with Crippen LogP contribution >= 0.6 is 0 Å². The fourth-order valence-corrected chi connectivity index (χ4v) is 1.13. The van der Waals surface area contributed by atoms with Crippen LogP contribution in [0.2, 0.25) is 0 Å². The van der Waals surface area contributed by atoms with Gasteiger partial charge in [-0.05, 0) is 18.8 Å². The highest BCUT2D eigenvalue weighted by Gasteiger charge is 2.24. The molecular formula is C7H12O3. The highest BCUT2D eigenvalue weighted by molar-refractivity contribution is 5.72. The average Bonchev–Trinajstić information content (AvgIpc) is 1.88. The van der Waals surface area contributed by atoms with Crippen LogP contribution in [0.4, 0.5) is 0 Å². The standard InChI is InChI=1S/C7H12O3/c1-5-2-3-10-6(4-5)7(8)9/h5-6H,2-4H2,1H3,(H,8,9)/t5-,6?/m0/s1. The molecule has 10 heavy (non-hydrogen) atoms. The number of ether oxygens (including phenoxy) is 1. The molecule has 0 spiro atoms. The first-order chi connectivity index (χ1) is 4.70. The summed E-state index contributed by atoms with van der Waals surface area (Å²) < 4.78 is 5.01. The van der Waals surface area contributed by atoms with Crippen molar-refractivity contribution in [2.24, 2.45) is 5.92 Å². The molecule has 0 aliphatic carbocycles. The molecule has 58 valence electrons. The number of carboxylic acid groups (broad SMARTS) is 1. The van der Waals surface area contributed by atoms with Gasteiger partial charge >= 0.3 is 5.97 Å². The van der Waals surface area contributed by atoms with Crippen LogP contribution in [0.1, 0.15) is 19.8 Å². The van der Waals surface area contributed by atoms with Crippen molar-refractivity contribution in [1.82, 2.24) is 0 Å². The second kappa shape index (κ2) is 3.01. The number of carbonyl (C=O) groups is 1. The highest BCUT2D eigenvalue weighted by Crippen LogP contribution is 2.18. The minimum absolute atomic E-state index is 0.495. The minimum atomic E-state index is -0.827. The molecule has 1 fully saturated rings. The topological polar surface area (TPSA) is 46.5 Å². The number of rotatable bonds is 1. The summed E-state index contributed by atoms with van der Waals surface area (Å²) in [5.41, 5.74) is 0. The molecule has 1 aliphatic heterocycles. The van der Waals surface area contributed by atoms with Crippen molar-refractivity contribution in [2.75, 3.05) is 6.61 Å². The second-order valence-electron chi connectivity index (χ2n) is 2.83. The molecule has 3 nitrogen and oxygen atoms in total. The Morgan fingerprint density at radius 1 is 1.70 bits per heavy atom. The second-order valence-corrected chi connectivity index (χ2v) is 2.83. The summed E-state index contributed by atoms with van der Waals surface area (Å²) in [5, 5.41) is 8.53. The van der Waals surface area contributed by atoms with Crippen molar-refractivity contribution in [1.29, 1.82) is 0 Å². The van der Waals surface area contributed by atoms with E-state index in [4.69, 9.17) is 9.84 Å². The van der Waals surface area contributed by atoms with Gasteiger partial charge in [-0.2, -0.15) is 0 Å². The largest absolute Gasteiger partial charge is 0.479 e. The number of carboxylic acids is 1. The van der Waals surface area contributed by atoms with E-state index in [2.05, 4.69) is 6.92 Å². The van der Waals surface area contributed by atoms with E-state index in [9.17, 15) is 4.79 Å². The summed E-state index contributed by atoms with van der Waals surface area (Å²) >= 11 is 0. The fourth-order valence-electron chi connectivity index (χ4n) is 1.13. The van der Waals surface area contributed by atoms with Gasteiger partial charge in [0.05, 0.1) is 0 Å². The highest BCUT2D eigenvalue weighted by atomic mass is 16.5. The predicted octanol–water partition coefficient (Wildman–Crippen LogP) is 0.886. The van der Waals surface area contributed by atoms with Crippen LogP contribution in [0.5, 0.6) is 0 Å². The SMILES string of the molecule is C[C@H]1CCOC(C(=O)O)C1. The lowest BCUT2D eigenvalue weighted by atomic mass is 9.98. The number of aliphatic carboxylic acids is 1. The van der Waals surface area contributed by atoms with Crippen LogP contribution in [0.3, 0.4) is 0 Å². The summed E-state index contributed by atoms with van der Waals surface area (Å²) in [6, 6.07) is 0. The normalized spacial score (nSPS) is 33.7. The van der Waals surface area contributed by atoms with Crippen molar-refractivity contribution in [3.05, 3.63) is 0 Å². The lowest BCUT2D eigenvalue weighted by Crippen LogP contribution is -2.31. The monoisotopic (exact) mass is 144 g/mol. The number of hydrogen-bond donors (Lipinski definition) is 1. The Bertz CT molecular complexity index is 133. The average molecular weight is 144 g/mol. The van der Waals surface area contributed by atoms with Gasteiger partial charge in [-0.15, -0.1) is 0 Å². The Hall–Kier alpha value is -0.570. The van der Waals surface area contributed by atoms with E-state index in [1.54, 1.807) is 0 Å². The van der Waals surface area contributed by atoms with E-state index in [-0.39, 0.29) is 0 Å². The first-order valence-electron chi connectivity index (χ1n) is 3.54. The van der Waals surface area contributed by atoms with E-state index in [1.165, 1.54) is 0 Å². The van der Waals surface area contributed by atoms with Crippen molar-refractivity contribution >= 4 is 5.97 Å². The third-order valence-electron chi connectivity index (χ3n) is 1.82. The smallest absolute Gasteiger partial charge is 0.332 e. The van der Waals surface area contributed by atoms with Gasteiger partial charge < -0.3 is 9.84 Å². The molecule has 0 saturated carbocycles. The van der Waals surface area contributed by atoms with Crippen LogP contribution in [0.25, 0.3) is 0 Å². The van der Waals surface area contributed by atoms with E-state index >= 15 is 0 Å². The third kappa shape index (κ3) is 1.70. The van der Waals surface area contributed by atoms with Gasteiger partial charge in [-0.3, -0.25) is 0 Å². The van der Waals surface area contributed by atoms with Gasteiger partial charge in [0.2, 0.25) is 0 Å². The molecular weight excluding hydrogens is 132 g/mol. The summed E-state index contributed by atoms with van der Waals surface area (Å²) in [4.78, 5) is 10.4. The van der Waals surface area contributed by atoms with Gasteiger partial charge in [-0.1, -0.05) is 6.92 Å². The lowest BCUT2D eigenvalue weighted by Gasteiger charge is -2.23. The van der Waals surface area contributed by atoms with Gasteiger partial charge in [-0.25, -0.2) is 4.79 Å². The van der Waals surface area contributed by atoms with Gasteiger partial charge in [0.25, 0.3) is 0 Å². The van der Waals surface area contributed by atoms with E-state index < -0.39 is 12.1 Å². The molecule has 2 atom stereocenters. The molecule has 3 heteroatoms. The molecule has 1 rings (SSSR count). The molecule has 0 amide bonds. The summed E-state index contributed by atoms with van der Waals surface area (Å²) in [5.74, 6) is -0.332. The van der Waals surface area contributed by atoms with Crippen LogP contribution in [0.15, 0.2) is 0 Å². The molecule has 1 N–H and O–H groups in total. The first-order valence-corrected chi connectivity index (χ1v) is 3.54. The molecule has 1 aliphatic rings. The molecule has 0 aromatic heterocycles. The van der Waals surface area contributed by atoms with Crippen LogP contribution in [0, 0.1) is 5.92 Å². The van der Waals surface area contributed by atoms with Crippen molar-refractivity contribution < 1.29 is 14.6 Å². The molecule has 0 aromatic carbocycles. The van der Waals surface area contributed by atoms with Gasteiger partial charge in [0, 0.05) is 6.61 Å². The molecule has 1 unspecified atom stereocenters. The summed E-state index contributed by atoms with van der Waals surface area (Å²) in [6.45, 7) is 2.65. The maximum atomic E-state index is 10.4. The molecule has 0 aromatic rings. The van der Waals surface area contributed by atoms with Crippen molar-refractivity contribution in [2.45, 2.75) is 25.9 Å². The van der Waals surface area contributed by atoms with Crippen LogP contribution in [-0.2, 0) is 9.53 Å². The summed E-state index contributed by atoms with van der Waals surface area (Å²) in [6.07, 6.45) is 1.10. The molecule has 0 radical (unpaired) electrons. The maximum absolute atomic E-state index is 10.4. The van der Waals surface area contributed by atoms with Crippen LogP contribution in [-0.4, -0.2) is 23.8 Å². The predicted molar refractivity (Wildman–Crippen MR) is 35.8 cm³/mol. The molecule has 1 heterocycles. The Morgan fingerprint density at radius 3 is 2.80 bits per heavy atom. The Balaban J connectivity index is 2.39. The Morgan fingerprint density at radius 2 is 2.40 bits per heavy atom. The summed E-state index contributed by atoms with van der Waals surface area (Å²) in [7, 11) is 0. The zero-order valence-electron chi connectivity index (χ0n) is 6.04. The van der Waals surface area contributed by atoms with Crippen LogP contribution < -0.4 is 0 Å². The quantitative estimate of drug-likeness (QED) is 0.594. The molecule has 0 bridgehead atoms. The first kappa shape index (κ1) is 7.54. The molecule has 1 saturated heterocycles. The lowest BCUT2D eigenvalue weighted by molar-refractivity contribution is -0.154. The van der Waals surface area contributed by atoms with Gasteiger partial charge in [0.1, 0.15) is 0 Å². The third-order valence-corrected chi connectivity index (χ3v) is 1.82. The van der Waals surface area contributed by atoms with Crippen molar-refractivity contribution in [3.63, 3.8) is 0 Å². The Kier molecular flexibility index (Phi) is 2.27. The van der Waals surface area contributed by atoms with E-state index in [0.29, 0.717) is 18.9 Å². The Labute approximate surface area is 60.0 Å². The fraction of sp³-hybridized carbons (Fsp3) is 0.857. The maximum Gasteiger partial charge on any atom is 0.332 e. The van der Waals surface area contributed by atoms with Gasteiger partial charge in [0.15, 0.2) is 6.10 Å². The van der Waals surface area contributed by atoms with E-state index in [1.807, 2.05) is 0 Å². The van der Waals surface area contributed by atoms with Crippen molar-refractivity contribution in [3.8, 4) is 0 Å². The minimum Gasteiger partial charge on any atom is -0.479 e. The van der Waals surface area contributed by atoms with E-state index in [0.717, 1.165) is 6.42 Å². The number of hydrogen-bond acceptors (Lipinski definition) is 2. The zero-order valence-corrected chi connectivity index (χ0v) is 6.04.